The van der Waals surface area contributed by atoms with Crippen molar-refractivity contribution in [1.82, 2.24) is 19.9 Å². The molecule has 5 heteroatoms. The van der Waals surface area contributed by atoms with Crippen molar-refractivity contribution >= 4 is 130 Å². The fraction of sp³-hybridized carbons (Fsp3) is 0. The monoisotopic (exact) mass is 1320 g/mol. The Labute approximate surface area is 571 Å². The molecular weight excluding hydrogens is 1270 g/mol. The number of rotatable bonds is 4. The Morgan fingerprint density at radius 2 is 0.351 bits per heavy atom. The Bertz CT molecular complexity index is 6020. The summed E-state index contributed by atoms with van der Waals surface area (Å²) < 4.78 is 0. The molecule has 2 aromatic heterocycles. The number of hydrogen-bond donors (Lipinski definition) is 0. The first-order valence-electron chi connectivity index (χ1n) is 33.0. The third-order valence-corrected chi connectivity index (χ3v) is 20.6. The van der Waals surface area contributed by atoms with Gasteiger partial charge in [0.25, 0.3) is 0 Å². The topological polar surface area (TPSA) is 54.0 Å². The van der Waals surface area contributed by atoms with Gasteiger partial charge in [0.15, 0.2) is 0 Å². The van der Waals surface area contributed by atoms with Crippen LogP contribution in [-0.2, 0) is 20.4 Å². The van der Waals surface area contributed by atoms with E-state index in [4.69, 9.17) is 19.9 Å². The molecule has 21 rings (SSSR count). The van der Waals surface area contributed by atoms with Crippen LogP contribution in [0.4, 0.5) is 0 Å². The second-order valence-corrected chi connectivity index (χ2v) is 25.8. The molecule has 8 bridgehead atoms. The molecule has 0 fully saturated rings. The van der Waals surface area contributed by atoms with Gasteiger partial charge in [-0.05, 0) is 201 Å². The van der Waals surface area contributed by atoms with Crippen molar-refractivity contribution in [2.45, 2.75) is 0 Å². The van der Waals surface area contributed by atoms with Gasteiger partial charge >= 0.3 is 20.4 Å². The van der Waals surface area contributed by atoms with Gasteiger partial charge < -0.3 is 9.97 Å². The predicted octanol–water partition coefficient (Wildman–Crippen LogP) is 24.4. The zero-order valence-corrected chi connectivity index (χ0v) is 53.7. The number of aromatic nitrogens is 4. The molecule has 450 valence electrons. The van der Waals surface area contributed by atoms with Crippen molar-refractivity contribution in [2.24, 2.45) is 0 Å². The standard InChI is InChI=1S/C92H52N4.Pd/c1-2-26-58-46-74-73(45-57(58)25-1)85-81(69-41-17-33-53-21-9-13-37-65(53)69)87-75-47-59-27-3-4-28-60(59)48-76(75)89(94-87)83(71-43-19-35-55-23-11-15-39-67(55)71)91-79-51-63-31-7-8-32-64(63)52-80(79)92(96-91)84(72-44-20-36-56-24-12-16-40-68(56)72)90-78-50-62-30-6-5-29-61(62)49-77(78)88(95-90)82(86(74)93-85)70-42-18-34-54-22-10-14-38-66(54)70;/h1-52H;/q-2;+2. The van der Waals surface area contributed by atoms with Gasteiger partial charge in [-0.15, -0.1) is 22.1 Å². The number of benzene rings is 16. The summed E-state index contributed by atoms with van der Waals surface area (Å²) in [7, 11) is 0. The fourth-order valence-corrected chi connectivity index (χ4v) is 16.2. The maximum Gasteiger partial charge on any atom is 2.00 e. The summed E-state index contributed by atoms with van der Waals surface area (Å²) in [6.45, 7) is 0. The van der Waals surface area contributed by atoms with E-state index in [0.717, 1.165) is 219 Å². The summed E-state index contributed by atoms with van der Waals surface area (Å²) >= 11 is 0. The van der Waals surface area contributed by atoms with Gasteiger partial charge in [0.1, 0.15) is 0 Å². The molecule has 97 heavy (non-hydrogen) atoms. The van der Waals surface area contributed by atoms with Crippen molar-refractivity contribution < 1.29 is 20.4 Å². The minimum atomic E-state index is 0. The van der Waals surface area contributed by atoms with Crippen LogP contribution >= 0.6 is 0 Å². The Morgan fingerprint density at radius 1 is 0.165 bits per heavy atom. The molecule has 16 aromatic carbocycles. The van der Waals surface area contributed by atoms with E-state index in [1.165, 1.54) is 0 Å². The maximum atomic E-state index is 6.42. The van der Waals surface area contributed by atoms with E-state index in [2.05, 4.69) is 315 Å². The van der Waals surface area contributed by atoms with Gasteiger partial charge in [0.2, 0.25) is 0 Å². The second-order valence-electron chi connectivity index (χ2n) is 25.8. The van der Waals surface area contributed by atoms with Gasteiger partial charge in [0.05, 0.1) is 22.8 Å². The quantitative estimate of drug-likeness (QED) is 0.165. The van der Waals surface area contributed by atoms with Gasteiger partial charge in [-0.3, -0.25) is 0 Å². The van der Waals surface area contributed by atoms with Gasteiger partial charge in [0, 0.05) is 22.3 Å². The van der Waals surface area contributed by atoms with Crippen LogP contribution in [0.5, 0.6) is 0 Å². The molecule has 0 saturated heterocycles. The molecule has 2 aliphatic heterocycles. The third kappa shape index (κ3) is 8.33. The Morgan fingerprint density at radius 3 is 0.577 bits per heavy atom. The summed E-state index contributed by atoms with van der Waals surface area (Å²) in [4.78, 5) is 25.7. The maximum absolute atomic E-state index is 6.42. The molecule has 1 aliphatic carbocycles. The van der Waals surface area contributed by atoms with E-state index in [1.807, 2.05) is 0 Å². The van der Waals surface area contributed by atoms with E-state index >= 15 is 0 Å². The van der Waals surface area contributed by atoms with Crippen LogP contribution in [0, 0.1) is 0 Å². The van der Waals surface area contributed by atoms with Crippen molar-refractivity contribution in [3.05, 3.63) is 315 Å². The van der Waals surface area contributed by atoms with E-state index in [9.17, 15) is 0 Å². The fourth-order valence-electron chi connectivity index (χ4n) is 16.2. The smallest absolute Gasteiger partial charge is 0.656 e. The molecule has 18 aromatic rings. The molecule has 0 atom stereocenters. The van der Waals surface area contributed by atoms with Crippen molar-refractivity contribution in [3.63, 3.8) is 0 Å². The number of fused-ring (bicyclic) bond motifs is 8. The van der Waals surface area contributed by atoms with Gasteiger partial charge in [-0.2, -0.15) is 0 Å². The Hall–Kier alpha value is -12.1. The van der Waals surface area contributed by atoms with Gasteiger partial charge in [-0.25, -0.2) is 9.97 Å². The summed E-state index contributed by atoms with van der Waals surface area (Å²) in [6.07, 6.45) is 0. The first-order chi connectivity index (χ1) is 47.6. The summed E-state index contributed by atoms with van der Waals surface area (Å²) in [5, 5.41) is 22.0. The molecule has 0 saturated carbocycles. The molecule has 4 heterocycles. The molecular formula is C92H52N4Pd. The molecule has 4 nitrogen and oxygen atoms in total. The molecule has 0 N–H and O–H groups in total. The molecule has 0 unspecified atom stereocenters. The normalized spacial score (nSPS) is 12.0. The minimum absolute atomic E-state index is 0. The zero-order valence-electron chi connectivity index (χ0n) is 52.1. The summed E-state index contributed by atoms with van der Waals surface area (Å²) in [5.74, 6) is 0. The van der Waals surface area contributed by atoms with Crippen LogP contribution < -0.4 is 9.97 Å². The third-order valence-electron chi connectivity index (χ3n) is 20.6. The summed E-state index contributed by atoms with van der Waals surface area (Å²) in [5.41, 5.74) is 18.7. The van der Waals surface area contributed by atoms with Crippen LogP contribution in [0.15, 0.2) is 315 Å². The number of nitrogens with zero attached hydrogens (tertiary/aromatic N) is 4. The van der Waals surface area contributed by atoms with Crippen LogP contribution in [0.1, 0.15) is 0 Å². The van der Waals surface area contributed by atoms with Crippen LogP contribution in [-0.4, -0.2) is 9.97 Å². The summed E-state index contributed by atoms with van der Waals surface area (Å²) in [6, 6.07) is 116. The number of hydrogen-bond acceptors (Lipinski definition) is 2. The van der Waals surface area contributed by atoms with Crippen LogP contribution in [0.3, 0.4) is 0 Å². The predicted molar refractivity (Wildman–Crippen MR) is 405 cm³/mol. The Balaban J connectivity index is 0.00000641. The first-order valence-corrected chi connectivity index (χ1v) is 33.0. The van der Waals surface area contributed by atoms with Gasteiger partial charge in [-0.1, -0.05) is 267 Å². The SMILES string of the molecule is [Pd+2].c1ccc2cc3c(cc2c1)-c1nc-3c(-c2cccc3ccccc23)c2[n-]c(c(-c3cccc4ccccc34)c3nc(c(-c4cccc5ccccc45)c4[n-]c(c1-c1cccc5ccccc15)c1cc5ccccc5cc41)-c1cc4ccccc4cc1-3)c1cc3ccccc3cc21. The van der Waals surface area contributed by atoms with E-state index in [-0.39, 0.29) is 20.4 Å². The van der Waals surface area contributed by atoms with E-state index in [1.54, 1.807) is 0 Å². The average Bonchev–Trinajstić information content (AvgIpc) is 1.56. The first kappa shape index (κ1) is 55.4. The van der Waals surface area contributed by atoms with Crippen molar-refractivity contribution in [1.29, 1.82) is 0 Å². The molecule has 3 aliphatic rings. The minimum Gasteiger partial charge on any atom is -0.656 e. The van der Waals surface area contributed by atoms with Crippen molar-refractivity contribution in [2.75, 3.05) is 0 Å². The van der Waals surface area contributed by atoms with E-state index in [0.29, 0.717) is 0 Å². The molecule has 0 spiro atoms. The Kier molecular flexibility index (Phi) is 12.3. The van der Waals surface area contributed by atoms with E-state index < -0.39 is 0 Å². The van der Waals surface area contributed by atoms with Crippen molar-refractivity contribution in [3.8, 4) is 89.5 Å². The van der Waals surface area contributed by atoms with Crippen LogP contribution in [0.2, 0.25) is 0 Å². The average molecular weight is 1320 g/mol. The van der Waals surface area contributed by atoms with Crippen LogP contribution in [0.25, 0.3) is 219 Å². The largest absolute Gasteiger partial charge is 2.00 e. The molecule has 0 amide bonds. The molecule has 0 radical (unpaired) electrons. The second kappa shape index (κ2) is 21.5. The zero-order chi connectivity index (χ0) is 62.7.